The maximum absolute atomic E-state index is 13.6. The number of nitrogens with one attached hydrogen (secondary N) is 1. The Labute approximate surface area is 196 Å². The van der Waals surface area contributed by atoms with Crippen LogP contribution in [0.4, 0.5) is 11.4 Å². The zero-order valence-electron chi connectivity index (χ0n) is 18.1. The van der Waals surface area contributed by atoms with Crippen LogP contribution in [0.15, 0.2) is 66.4 Å². The molecule has 33 heavy (non-hydrogen) atoms. The van der Waals surface area contributed by atoms with Crippen LogP contribution in [0.25, 0.3) is 5.57 Å². The lowest BCUT2D eigenvalue weighted by atomic mass is 10.0. The molecule has 6 nitrogen and oxygen atoms in total. The number of carbonyl (C=O) groups excluding carboxylic acids is 2. The van der Waals surface area contributed by atoms with Crippen molar-refractivity contribution in [2.24, 2.45) is 0 Å². The van der Waals surface area contributed by atoms with Gasteiger partial charge in [-0.25, -0.2) is 4.90 Å². The van der Waals surface area contributed by atoms with Crippen LogP contribution in [0.2, 0.25) is 5.02 Å². The van der Waals surface area contributed by atoms with Crippen LogP contribution in [0, 0.1) is 13.8 Å². The number of benzene rings is 3. The zero-order chi connectivity index (χ0) is 23.1. The van der Waals surface area contributed by atoms with E-state index in [4.69, 9.17) is 21.1 Å². The molecule has 0 radical (unpaired) electrons. The molecule has 3 aromatic rings. The fraction of sp³-hybridized carbons (Fsp3) is 0.154. The third-order valence-electron chi connectivity index (χ3n) is 5.49. The van der Waals surface area contributed by atoms with Crippen LogP contribution < -0.4 is 19.7 Å². The molecule has 3 aromatic carbocycles. The molecule has 0 atom stereocenters. The highest BCUT2D eigenvalue weighted by Crippen LogP contribution is 2.37. The van der Waals surface area contributed by atoms with Gasteiger partial charge >= 0.3 is 0 Å². The number of anilines is 2. The number of hydrogen-bond donors (Lipinski definition) is 1. The first-order valence-electron chi connectivity index (χ1n) is 10.5. The van der Waals surface area contributed by atoms with E-state index in [1.165, 1.54) is 4.90 Å². The Morgan fingerprint density at radius 3 is 2.18 bits per heavy atom. The summed E-state index contributed by atoms with van der Waals surface area (Å²) >= 11 is 6.06. The van der Waals surface area contributed by atoms with Gasteiger partial charge in [0.25, 0.3) is 11.8 Å². The average Bonchev–Trinajstić information content (AvgIpc) is 3.03. The number of ether oxygens (including phenoxy) is 2. The maximum Gasteiger partial charge on any atom is 0.282 e. The number of nitrogens with zero attached hydrogens (tertiary/aromatic N) is 1. The first-order chi connectivity index (χ1) is 15.9. The fourth-order valence-electron chi connectivity index (χ4n) is 4.11. The standard InChI is InChI=1S/C26H21ClN2O4/c1-15-11-16(2)13-20(12-15)29-25(30)23(17-3-5-18(27)6-4-17)24(26(29)31)28-19-7-8-21-22(14-19)33-10-9-32-21/h3-8,11-14,28H,9-10H2,1-2H3. The summed E-state index contributed by atoms with van der Waals surface area (Å²) in [5.41, 5.74) is 4.16. The molecule has 2 amide bonds. The molecule has 1 N–H and O–H groups in total. The van der Waals surface area contributed by atoms with Crippen molar-refractivity contribution < 1.29 is 19.1 Å². The Morgan fingerprint density at radius 1 is 0.818 bits per heavy atom. The quantitative estimate of drug-likeness (QED) is 0.547. The molecule has 0 spiro atoms. The summed E-state index contributed by atoms with van der Waals surface area (Å²) in [5.74, 6) is 0.407. The maximum atomic E-state index is 13.6. The second-order valence-electron chi connectivity index (χ2n) is 8.03. The van der Waals surface area contributed by atoms with Gasteiger partial charge in [0.05, 0.1) is 11.3 Å². The molecule has 2 aliphatic rings. The van der Waals surface area contributed by atoms with E-state index in [0.29, 0.717) is 46.7 Å². The largest absolute Gasteiger partial charge is 0.486 e. The number of hydrogen-bond acceptors (Lipinski definition) is 5. The molecule has 2 heterocycles. The lowest BCUT2D eigenvalue weighted by Crippen LogP contribution is -2.32. The Kier molecular flexibility index (Phi) is 5.30. The molecule has 0 unspecified atom stereocenters. The van der Waals surface area contributed by atoms with Gasteiger partial charge in [0.15, 0.2) is 11.5 Å². The van der Waals surface area contributed by atoms with Crippen LogP contribution in [0.1, 0.15) is 16.7 Å². The molecule has 5 rings (SSSR count). The molecule has 0 saturated heterocycles. The van der Waals surface area contributed by atoms with Crippen molar-refractivity contribution in [3.63, 3.8) is 0 Å². The highest BCUT2D eigenvalue weighted by Gasteiger charge is 2.40. The van der Waals surface area contributed by atoms with E-state index in [1.807, 2.05) is 32.0 Å². The Hall–Kier alpha value is -3.77. The summed E-state index contributed by atoms with van der Waals surface area (Å²) in [5, 5.41) is 3.71. The monoisotopic (exact) mass is 460 g/mol. The van der Waals surface area contributed by atoms with E-state index in [9.17, 15) is 9.59 Å². The van der Waals surface area contributed by atoms with Gasteiger partial charge in [-0.05, 0) is 66.9 Å². The lowest BCUT2D eigenvalue weighted by molar-refractivity contribution is -0.120. The molecular weight excluding hydrogens is 440 g/mol. The van der Waals surface area contributed by atoms with Crippen molar-refractivity contribution in [1.82, 2.24) is 0 Å². The predicted molar refractivity (Wildman–Crippen MR) is 128 cm³/mol. The van der Waals surface area contributed by atoms with E-state index in [1.54, 1.807) is 42.5 Å². The lowest BCUT2D eigenvalue weighted by Gasteiger charge is -2.19. The minimum absolute atomic E-state index is 0.193. The molecule has 0 aliphatic carbocycles. The molecule has 7 heteroatoms. The van der Waals surface area contributed by atoms with E-state index in [-0.39, 0.29) is 11.3 Å². The van der Waals surface area contributed by atoms with Gasteiger partial charge in [-0.15, -0.1) is 0 Å². The summed E-state index contributed by atoms with van der Waals surface area (Å²) in [6, 6.07) is 17.9. The van der Waals surface area contributed by atoms with Crippen molar-refractivity contribution in [2.75, 3.05) is 23.4 Å². The summed E-state index contributed by atoms with van der Waals surface area (Å²) in [4.78, 5) is 28.4. The zero-order valence-corrected chi connectivity index (χ0v) is 18.9. The highest BCUT2D eigenvalue weighted by atomic mass is 35.5. The number of halogens is 1. The van der Waals surface area contributed by atoms with Crippen LogP contribution in [0.5, 0.6) is 11.5 Å². The SMILES string of the molecule is Cc1cc(C)cc(N2C(=O)C(Nc3ccc4c(c3)OCCO4)=C(c3ccc(Cl)cc3)C2=O)c1. The normalized spacial score (nSPS) is 15.3. The van der Waals surface area contributed by atoms with E-state index in [0.717, 1.165) is 11.1 Å². The van der Waals surface area contributed by atoms with Gasteiger partial charge in [-0.2, -0.15) is 0 Å². The van der Waals surface area contributed by atoms with Gasteiger partial charge in [-0.3, -0.25) is 9.59 Å². The summed E-state index contributed by atoms with van der Waals surface area (Å²) in [6.45, 7) is 4.81. The molecule has 0 saturated carbocycles. The molecule has 2 aliphatic heterocycles. The number of amides is 2. The average molecular weight is 461 g/mol. The topological polar surface area (TPSA) is 67.9 Å². The van der Waals surface area contributed by atoms with Crippen LogP contribution in [-0.4, -0.2) is 25.0 Å². The number of aryl methyl sites for hydroxylation is 2. The van der Waals surface area contributed by atoms with Gasteiger partial charge in [0.2, 0.25) is 0 Å². The molecule has 0 aromatic heterocycles. The highest BCUT2D eigenvalue weighted by molar-refractivity contribution is 6.46. The van der Waals surface area contributed by atoms with E-state index >= 15 is 0 Å². The molecule has 0 fully saturated rings. The van der Waals surface area contributed by atoms with Gasteiger partial charge < -0.3 is 14.8 Å². The summed E-state index contributed by atoms with van der Waals surface area (Å²) in [6.07, 6.45) is 0. The van der Waals surface area contributed by atoms with Crippen molar-refractivity contribution >= 4 is 40.4 Å². The summed E-state index contributed by atoms with van der Waals surface area (Å²) < 4.78 is 11.2. The van der Waals surface area contributed by atoms with E-state index < -0.39 is 11.8 Å². The molecule has 0 bridgehead atoms. The minimum atomic E-state index is -0.426. The van der Waals surface area contributed by atoms with Gasteiger partial charge in [0, 0.05) is 16.8 Å². The first kappa shape index (κ1) is 21.1. The molecule has 166 valence electrons. The van der Waals surface area contributed by atoms with Gasteiger partial charge in [0.1, 0.15) is 18.9 Å². The molecular formula is C26H21ClN2O4. The Balaban J connectivity index is 1.59. The minimum Gasteiger partial charge on any atom is -0.486 e. The first-order valence-corrected chi connectivity index (χ1v) is 10.9. The summed E-state index contributed by atoms with van der Waals surface area (Å²) in [7, 11) is 0. The van der Waals surface area contributed by atoms with Crippen LogP contribution in [-0.2, 0) is 9.59 Å². The second kappa shape index (κ2) is 8.30. The Morgan fingerprint density at radius 2 is 1.48 bits per heavy atom. The van der Waals surface area contributed by atoms with Crippen molar-refractivity contribution in [1.29, 1.82) is 0 Å². The smallest absolute Gasteiger partial charge is 0.282 e. The fourth-order valence-corrected chi connectivity index (χ4v) is 4.24. The van der Waals surface area contributed by atoms with Crippen LogP contribution in [0.3, 0.4) is 0 Å². The number of fused-ring (bicyclic) bond motifs is 1. The second-order valence-corrected chi connectivity index (χ2v) is 8.47. The van der Waals surface area contributed by atoms with Crippen molar-refractivity contribution in [2.45, 2.75) is 13.8 Å². The third-order valence-corrected chi connectivity index (χ3v) is 5.74. The van der Waals surface area contributed by atoms with Crippen molar-refractivity contribution in [3.05, 3.63) is 88.1 Å². The van der Waals surface area contributed by atoms with Crippen LogP contribution >= 0.6 is 11.6 Å². The predicted octanol–water partition coefficient (Wildman–Crippen LogP) is 5.12. The van der Waals surface area contributed by atoms with Crippen molar-refractivity contribution in [3.8, 4) is 11.5 Å². The number of imide groups is 1. The number of carbonyl (C=O) groups is 2. The van der Waals surface area contributed by atoms with Gasteiger partial charge in [-0.1, -0.05) is 29.8 Å². The van der Waals surface area contributed by atoms with E-state index in [2.05, 4.69) is 5.32 Å². The number of rotatable bonds is 4. The third kappa shape index (κ3) is 3.94. The Bertz CT molecular complexity index is 1290.